The highest BCUT2D eigenvalue weighted by Crippen LogP contribution is 2.20. The Morgan fingerprint density at radius 1 is 1.27 bits per heavy atom. The predicted molar refractivity (Wildman–Crippen MR) is 56.0 cm³/mol. The van der Waals surface area contributed by atoms with E-state index < -0.39 is 6.17 Å². The van der Waals surface area contributed by atoms with Gasteiger partial charge in [0.1, 0.15) is 12.0 Å². The number of benzene rings is 1. The van der Waals surface area contributed by atoms with E-state index in [4.69, 9.17) is 0 Å². The van der Waals surface area contributed by atoms with Gasteiger partial charge in [-0.25, -0.2) is 8.78 Å². The molecule has 0 aliphatic carbocycles. The van der Waals surface area contributed by atoms with E-state index in [1.807, 2.05) is 0 Å². The van der Waals surface area contributed by atoms with Gasteiger partial charge in [-0.3, -0.25) is 0 Å². The van der Waals surface area contributed by atoms with Gasteiger partial charge in [0.05, 0.1) is 0 Å². The van der Waals surface area contributed by atoms with Crippen molar-refractivity contribution < 1.29 is 8.78 Å². The first-order valence-corrected chi connectivity index (χ1v) is 5.35. The Bertz CT molecular complexity index is 310. The molecule has 0 aromatic heterocycles. The van der Waals surface area contributed by atoms with Crippen molar-refractivity contribution in [3.63, 3.8) is 0 Å². The molecule has 0 amide bonds. The number of halogens is 2. The van der Waals surface area contributed by atoms with Crippen LogP contribution in [-0.2, 0) is 6.42 Å². The monoisotopic (exact) mass is 211 g/mol. The predicted octanol–water partition coefficient (Wildman–Crippen LogP) is 2.32. The highest BCUT2D eigenvalue weighted by atomic mass is 19.1. The van der Waals surface area contributed by atoms with Gasteiger partial charge in [-0.2, -0.15) is 0 Å². The van der Waals surface area contributed by atoms with Crippen LogP contribution in [0.1, 0.15) is 12.0 Å². The van der Waals surface area contributed by atoms with E-state index in [-0.39, 0.29) is 11.7 Å². The van der Waals surface area contributed by atoms with Gasteiger partial charge in [-0.1, -0.05) is 12.1 Å². The lowest BCUT2D eigenvalue weighted by atomic mass is 9.89. The Hall–Kier alpha value is -0.960. The van der Waals surface area contributed by atoms with Crippen LogP contribution in [0, 0.1) is 11.7 Å². The van der Waals surface area contributed by atoms with Crippen LogP contribution in [0.4, 0.5) is 8.78 Å². The molecule has 1 aromatic rings. The van der Waals surface area contributed by atoms with Crippen molar-refractivity contribution in [2.75, 3.05) is 13.1 Å². The van der Waals surface area contributed by atoms with Crippen LogP contribution >= 0.6 is 0 Å². The molecular weight excluding hydrogens is 196 g/mol. The minimum atomic E-state index is -0.774. The molecule has 0 radical (unpaired) electrons. The fourth-order valence-electron chi connectivity index (χ4n) is 2.03. The Morgan fingerprint density at radius 2 is 2.00 bits per heavy atom. The lowest BCUT2D eigenvalue weighted by Gasteiger charge is -2.26. The third-order valence-corrected chi connectivity index (χ3v) is 2.95. The molecule has 1 aliphatic heterocycles. The molecule has 0 saturated carbocycles. The normalized spacial score (nSPS) is 26.5. The summed E-state index contributed by atoms with van der Waals surface area (Å²) in [5.41, 5.74) is 1.02. The van der Waals surface area contributed by atoms with Crippen LogP contribution < -0.4 is 5.32 Å². The third kappa shape index (κ3) is 2.75. The largest absolute Gasteiger partial charge is 0.314 e. The first-order valence-electron chi connectivity index (χ1n) is 5.35. The third-order valence-electron chi connectivity index (χ3n) is 2.95. The second kappa shape index (κ2) is 4.71. The number of piperidine rings is 1. The van der Waals surface area contributed by atoms with Crippen molar-refractivity contribution in [3.8, 4) is 0 Å². The van der Waals surface area contributed by atoms with Crippen LogP contribution in [0.25, 0.3) is 0 Å². The van der Waals surface area contributed by atoms with Crippen molar-refractivity contribution >= 4 is 0 Å². The molecule has 0 spiro atoms. The zero-order valence-electron chi connectivity index (χ0n) is 8.55. The maximum absolute atomic E-state index is 13.5. The molecule has 1 nitrogen and oxygen atoms in total. The Kier molecular flexibility index (Phi) is 3.31. The fourth-order valence-corrected chi connectivity index (χ4v) is 2.03. The van der Waals surface area contributed by atoms with Crippen molar-refractivity contribution in [1.29, 1.82) is 0 Å². The lowest BCUT2D eigenvalue weighted by Crippen LogP contribution is -2.38. The molecule has 1 N–H and O–H groups in total. The molecule has 15 heavy (non-hydrogen) atoms. The van der Waals surface area contributed by atoms with Gasteiger partial charge < -0.3 is 5.32 Å². The summed E-state index contributed by atoms with van der Waals surface area (Å²) in [4.78, 5) is 0. The number of rotatable bonds is 2. The highest BCUT2D eigenvalue weighted by Gasteiger charge is 2.24. The van der Waals surface area contributed by atoms with Crippen molar-refractivity contribution in [2.24, 2.45) is 5.92 Å². The van der Waals surface area contributed by atoms with Crippen LogP contribution in [0.2, 0.25) is 0 Å². The van der Waals surface area contributed by atoms with Gasteiger partial charge in [-0.15, -0.1) is 0 Å². The zero-order valence-corrected chi connectivity index (χ0v) is 8.55. The molecule has 2 rings (SSSR count). The summed E-state index contributed by atoms with van der Waals surface area (Å²) < 4.78 is 26.1. The average Bonchev–Trinajstić information content (AvgIpc) is 2.25. The van der Waals surface area contributed by atoms with E-state index in [0.29, 0.717) is 13.0 Å². The minimum absolute atomic E-state index is 0.0803. The molecular formula is C12H15F2N. The summed E-state index contributed by atoms with van der Waals surface area (Å²) in [6.07, 6.45) is 0.797. The Labute approximate surface area is 88.5 Å². The lowest BCUT2D eigenvalue weighted by molar-refractivity contribution is 0.179. The van der Waals surface area contributed by atoms with E-state index in [0.717, 1.165) is 18.5 Å². The quantitative estimate of drug-likeness (QED) is 0.791. The van der Waals surface area contributed by atoms with E-state index in [1.165, 1.54) is 12.1 Å². The van der Waals surface area contributed by atoms with Crippen LogP contribution in [0.5, 0.6) is 0 Å². The summed E-state index contributed by atoms with van der Waals surface area (Å²) in [5.74, 6) is -0.155. The van der Waals surface area contributed by atoms with Gasteiger partial charge in [0, 0.05) is 6.54 Å². The summed E-state index contributed by atoms with van der Waals surface area (Å²) in [5, 5.41) is 3.02. The van der Waals surface area contributed by atoms with Gasteiger partial charge in [0.15, 0.2) is 0 Å². The van der Waals surface area contributed by atoms with Gasteiger partial charge in [0.2, 0.25) is 0 Å². The molecule has 1 aromatic carbocycles. The smallest absolute Gasteiger partial charge is 0.123 e. The molecule has 1 saturated heterocycles. The molecule has 82 valence electrons. The molecule has 1 fully saturated rings. The zero-order chi connectivity index (χ0) is 10.7. The van der Waals surface area contributed by atoms with E-state index >= 15 is 0 Å². The number of hydrogen-bond donors (Lipinski definition) is 1. The molecule has 3 heteroatoms. The van der Waals surface area contributed by atoms with Crippen LogP contribution in [-0.4, -0.2) is 19.3 Å². The second-order valence-corrected chi connectivity index (χ2v) is 4.10. The molecule has 1 aliphatic rings. The average molecular weight is 211 g/mol. The topological polar surface area (TPSA) is 12.0 Å². The maximum atomic E-state index is 13.5. The Morgan fingerprint density at radius 3 is 2.67 bits per heavy atom. The molecule has 1 heterocycles. The van der Waals surface area contributed by atoms with Crippen LogP contribution in [0.3, 0.4) is 0 Å². The van der Waals surface area contributed by atoms with Crippen molar-refractivity contribution in [3.05, 3.63) is 35.6 Å². The minimum Gasteiger partial charge on any atom is -0.314 e. The molecule has 0 unspecified atom stereocenters. The SMILES string of the molecule is Fc1ccc(C[C@H]2CCNC[C@H]2F)cc1. The number of nitrogens with one attached hydrogen (secondary N) is 1. The van der Waals surface area contributed by atoms with Crippen molar-refractivity contribution in [1.82, 2.24) is 5.32 Å². The van der Waals surface area contributed by atoms with E-state index in [1.54, 1.807) is 12.1 Å². The standard InChI is InChI=1S/C12H15F2N/c13-11-3-1-9(2-4-11)7-10-5-6-15-8-12(10)14/h1-4,10,12,15H,5-8H2/t10-,12-/m1/s1. The maximum Gasteiger partial charge on any atom is 0.123 e. The Balaban J connectivity index is 1.98. The number of hydrogen-bond acceptors (Lipinski definition) is 1. The summed E-state index contributed by atoms with van der Waals surface area (Å²) >= 11 is 0. The van der Waals surface area contributed by atoms with Gasteiger partial charge in [0.25, 0.3) is 0 Å². The van der Waals surface area contributed by atoms with E-state index in [9.17, 15) is 8.78 Å². The highest BCUT2D eigenvalue weighted by molar-refractivity contribution is 5.17. The molecule has 2 atom stereocenters. The summed E-state index contributed by atoms with van der Waals surface area (Å²) in [6.45, 7) is 1.33. The number of alkyl halides is 1. The second-order valence-electron chi connectivity index (χ2n) is 4.10. The summed E-state index contributed by atoms with van der Waals surface area (Å²) in [6, 6.07) is 6.35. The van der Waals surface area contributed by atoms with Crippen molar-refractivity contribution in [2.45, 2.75) is 19.0 Å². The van der Waals surface area contributed by atoms with Gasteiger partial charge in [-0.05, 0) is 43.0 Å². The first kappa shape index (κ1) is 10.6. The van der Waals surface area contributed by atoms with Crippen LogP contribution in [0.15, 0.2) is 24.3 Å². The van der Waals surface area contributed by atoms with E-state index in [2.05, 4.69) is 5.32 Å². The summed E-state index contributed by atoms with van der Waals surface area (Å²) in [7, 11) is 0. The fraction of sp³-hybridized carbons (Fsp3) is 0.500. The van der Waals surface area contributed by atoms with Gasteiger partial charge >= 0.3 is 0 Å². The molecule has 0 bridgehead atoms. The first-order chi connectivity index (χ1) is 7.25.